The number of para-hydroxylation sites is 1. The van der Waals surface area contributed by atoms with Crippen LogP contribution >= 0.6 is 0 Å². The number of aromatic nitrogens is 1. The van der Waals surface area contributed by atoms with Crippen LogP contribution in [0.5, 0.6) is 0 Å². The molecule has 0 unspecified atom stereocenters. The Balaban J connectivity index is 1.51. The van der Waals surface area contributed by atoms with E-state index in [1.807, 2.05) is 91.9 Å². The average Bonchev–Trinajstić information content (AvgIpc) is 3.00. The minimum atomic E-state index is -1.15. The Morgan fingerprint density at radius 3 is 2.20 bits per heavy atom. The molecule has 4 aromatic rings. The van der Waals surface area contributed by atoms with Crippen LogP contribution in [-0.4, -0.2) is 63.9 Å². The number of piperazine rings is 1. The van der Waals surface area contributed by atoms with Gasteiger partial charge in [0.2, 0.25) is 5.91 Å². The molecule has 0 saturated carbocycles. The van der Waals surface area contributed by atoms with Gasteiger partial charge in [-0.05, 0) is 18.6 Å². The summed E-state index contributed by atoms with van der Waals surface area (Å²) in [6, 6.07) is 27.3. The normalized spacial score (nSPS) is 14.7. The molecular weight excluding hydrogens is 516 g/mol. The van der Waals surface area contributed by atoms with Crippen LogP contribution < -0.4 is 5.32 Å². The molecule has 2 N–H and O–H groups in total. The van der Waals surface area contributed by atoms with Gasteiger partial charge in [-0.2, -0.15) is 0 Å². The Kier molecular flexibility index (Phi) is 8.50. The third kappa shape index (κ3) is 6.50. The largest absolute Gasteiger partial charge is 0.478 e. The summed E-state index contributed by atoms with van der Waals surface area (Å²) in [5.41, 5.74) is 4.86. The van der Waals surface area contributed by atoms with E-state index in [1.165, 1.54) is 0 Å². The molecule has 1 fully saturated rings. The molecule has 8 heteroatoms. The predicted octanol–water partition coefficient (Wildman–Crippen LogP) is 4.68. The van der Waals surface area contributed by atoms with Gasteiger partial charge in [0.15, 0.2) is 0 Å². The van der Waals surface area contributed by atoms with Gasteiger partial charge >= 0.3 is 5.97 Å². The summed E-state index contributed by atoms with van der Waals surface area (Å²) in [6.45, 7) is 4.51. The number of nitrogens with zero attached hydrogens (tertiary/aromatic N) is 3. The molecule has 5 rings (SSSR count). The first kappa shape index (κ1) is 27.7. The van der Waals surface area contributed by atoms with Crippen molar-refractivity contribution in [3.05, 3.63) is 114 Å². The lowest BCUT2D eigenvalue weighted by Crippen LogP contribution is -2.48. The van der Waals surface area contributed by atoms with Crippen molar-refractivity contribution in [3.63, 3.8) is 0 Å². The molecule has 1 aliphatic rings. The molecule has 2 heterocycles. The highest BCUT2D eigenvalue weighted by Crippen LogP contribution is 2.32. The second-order valence-electron chi connectivity index (χ2n) is 10.1. The average molecular weight is 549 g/mol. The van der Waals surface area contributed by atoms with Crippen LogP contribution in [0.15, 0.2) is 97.1 Å². The van der Waals surface area contributed by atoms with Crippen LogP contribution in [-0.2, 0) is 16.1 Å². The van der Waals surface area contributed by atoms with Gasteiger partial charge in [0.25, 0.3) is 5.91 Å². The van der Waals surface area contributed by atoms with Crippen LogP contribution in [0.25, 0.3) is 22.2 Å². The standard InChI is InChI=1S/C33H32N4O4/c1-23(24-10-4-2-5-11-24)34-33(41)31-26-14-8-9-15-28(26)35-32(25-12-6-3-7-13-25)27(31)22-36-18-20-37(21-19-36)29(38)16-17-30(39)40/h2-17,23H,18-22H2,1H3,(H,34,41)(H,39,40)/b17-16+/t23-/m0/s1. The van der Waals surface area contributed by atoms with Crippen molar-refractivity contribution in [3.8, 4) is 11.3 Å². The molecule has 208 valence electrons. The van der Waals surface area contributed by atoms with Gasteiger partial charge in [-0.3, -0.25) is 14.5 Å². The summed E-state index contributed by atoms with van der Waals surface area (Å²) in [5.74, 6) is -1.64. The summed E-state index contributed by atoms with van der Waals surface area (Å²) in [5, 5.41) is 12.8. The summed E-state index contributed by atoms with van der Waals surface area (Å²) < 4.78 is 0. The fourth-order valence-corrected chi connectivity index (χ4v) is 5.19. The maximum Gasteiger partial charge on any atom is 0.328 e. The third-order valence-electron chi connectivity index (χ3n) is 7.35. The van der Waals surface area contributed by atoms with Crippen molar-refractivity contribution in [1.29, 1.82) is 0 Å². The Morgan fingerprint density at radius 2 is 1.51 bits per heavy atom. The number of carbonyl (C=O) groups is 3. The van der Waals surface area contributed by atoms with Gasteiger partial charge in [-0.25, -0.2) is 9.78 Å². The van der Waals surface area contributed by atoms with E-state index in [2.05, 4.69) is 10.2 Å². The number of amides is 2. The highest BCUT2D eigenvalue weighted by molar-refractivity contribution is 6.09. The Labute approximate surface area is 238 Å². The van der Waals surface area contributed by atoms with E-state index in [9.17, 15) is 14.4 Å². The Morgan fingerprint density at radius 1 is 0.878 bits per heavy atom. The maximum absolute atomic E-state index is 14.1. The maximum atomic E-state index is 14.1. The monoisotopic (exact) mass is 548 g/mol. The number of aliphatic carboxylic acids is 1. The molecule has 1 aromatic heterocycles. The topological polar surface area (TPSA) is 103 Å². The van der Waals surface area contributed by atoms with E-state index in [-0.39, 0.29) is 17.9 Å². The number of carboxylic acids is 1. The molecule has 0 aliphatic carbocycles. The zero-order chi connectivity index (χ0) is 28.8. The third-order valence-corrected chi connectivity index (χ3v) is 7.35. The van der Waals surface area contributed by atoms with Crippen molar-refractivity contribution in [2.24, 2.45) is 0 Å². The van der Waals surface area contributed by atoms with Crippen LogP contribution in [0.3, 0.4) is 0 Å². The number of nitrogens with one attached hydrogen (secondary N) is 1. The second-order valence-corrected chi connectivity index (χ2v) is 10.1. The zero-order valence-electron chi connectivity index (χ0n) is 22.9. The predicted molar refractivity (Wildman–Crippen MR) is 158 cm³/mol. The minimum absolute atomic E-state index is 0.167. The minimum Gasteiger partial charge on any atom is -0.478 e. The van der Waals surface area contributed by atoms with Crippen molar-refractivity contribution in [2.75, 3.05) is 26.2 Å². The van der Waals surface area contributed by atoms with Gasteiger partial charge in [0.1, 0.15) is 0 Å². The summed E-state index contributed by atoms with van der Waals surface area (Å²) >= 11 is 0. The lowest BCUT2D eigenvalue weighted by Gasteiger charge is -2.35. The summed E-state index contributed by atoms with van der Waals surface area (Å²) in [4.78, 5) is 46.2. The number of carboxylic acid groups (broad SMARTS) is 1. The molecule has 0 radical (unpaired) electrons. The lowest BCUT2D eigenvalue weighted by molar-refractivity contribution is -0.132. The van der Waals surface area contributed by atoms with Gasteiger partial charge < -0.3 is 15.3 Å². The summed E-state index contributed by atoms with van der Waals surface area (Å²) in [7, 11) is 0. The van der Waals surface area contributed by atoms with Gasteiger partial charge in [-0.1, -0.05) is 78.9 Å². The molecule has 2 amide bonds. The number of benzene rings is 3. The Bertz CT molecular complexity index is 1580. The molecule has 0 spiro atoms. The number of carbonyl (C=O) groups excluding carboxylic acids is 2. The fourth-order valence-electron chi connectivity index (χ4n) is 5.19. The molecule has 3 aromatic carbocycles. The Hall–Kier alpha value is -4.82. The molecule has 1 saturated heterocycles. The molecule has 0 bridgehead atoms. The molecule has 1 atom stereocenters. The highest BCUT2D eigenvalue weighted by atomic mass is 16.4. The first-order chi connectivity index (χ1) is 19.9. The van der Waals surface area contributed by atoms with E-state index in [4.69, 9.17) is 10.1 Å². The number of pyridine rings is 1. The number of hydrogen-bond donors (Lipinski definition) is 2. The van der Waals surface area contributed by atoms with Gasteiger partial charge in [0.05, 0.1) is 22.8 Å². The van der Waals surface area contributed by atoms with Crippen LogP contribution in [0.1, 0.15) is 34.5 Å². The first-order valence-electron chi connectivity index (χ1n) is 13.7. The number of hydrogen-bond acceptors (Lipinski definition) is 5. The zero-order valence-corrected chi connectivity index (χ0v) is 22.9. The fraction of sp³-hybridized carbons (Fsp3) is 0.212. The van der Waals surface area contributed by atoms with Crippen LogP contribution in [0.4, 0.5) is 0 Å². The molecule has 1 aliphatic heterocycles. The van der Waals surface area contributed by atoms with Crippen molar-refractivity contribution in [2.45, 2.75) is 19.5 Å². The highest BCUT2D eigenvalue weighted by Gasteiger charge is 2.26. The first-order valence-corrected chi connectivity index (χ1v) is 13.7. The second kappa shape index (κ2) is 12.6. The van der Waals surface area contributed by atoms with Gasteiger partial charge in [-0.15, -0.1) is 0 Å². The molecular formula is C33H32N4O4. The van der Waals surface area contributed by atoms with Crippen molar-refractivity contribution in [1.82, 2.24) is 20.1 Å². The molecule has 41 heavy (non-hydrogen) atoms. The summed E-state index contributed by atoms with van der Waals surface area (Å²) in [6.07, 6.45) is 1.96. The van der Waals surface area contributed by atoms with E-state index >= 15 is 0 Å². The molecule has 8 nitrogen and oxygen atoms in total. The van der Waals surface area contributed by atoms with Crippen molar-refractivity contribution >= 4 is 28.7 Å². The van der Waals surface area contributed by atoms with Crippen LogP contribution in [0, 0.1) is 0 Å². The van der Waals surface area contributed by atoms with Crippen LogP contribution in [0.2, 0.25) is 0 Å². The smallest absolute Gasteiger partial charge is 0.328 e. The lowest BCUT2D eigenvalue weighted by atomic mass is 9.95. The van der Waals surface area contributed by atoms with E-state index in [1.54, 1.807) is 4.90 Å². The number of rotatable bonds is 8. The van der Waals surface area contributed by atoms with Crippen molar-refractivity contribution < 1.29 is 19.5 Å². The van der Waals surface area contributed by atoms with Gasteiger partial charge in [0, 0.05) is 61.4 Å². The SMILES string of the molecule is C[C@H](NC(=O)c1c(CN2CCN(C(=O)/C=C/C(=O)O)CC2)c(-c2ccccc2)nc2ccccc12)c1ccccc1. The number of fused-ring (bicyclic) bond motifs is 1. The van der Waals surface area contributed by atoms with E-state index in [0.29, 0.717) is 38.3 Å². The van der Waals surface area contributed by atoms with E-state index < -0.39 is 5.97 Å². The van der Waals surface area contributed by atoms with E-state index in [0.717, 1.165) is 45.4 Å². The quantitative estimate of drug-likeness (QED) is 0.310.